The number of hydrogen-bond donors (Lipinski definition) is 1. The van der Waals surface area contributed by atoms with E-state index in [0.29, 0.717) is 10.0 Å². The lowest BCUT2D eigenvalue weighted by Crippen LogP contribution is -2.01. The lowest BCUT2D eigenvalue weighted by atomic mass is 10.2. The zero-order valence-electron chi connectivity index (χ0n) is 9.95. The van der Waals surface area contributed by atoms with E-state index in [0.717, 1.165) is 17.3 Å². The van der Waals surface area contributed by atoms with Crippen LogP contribution in [-0.4, -0.2) is 28.4 Å². The Morgan fingerprint density at radius 1 is 1.40 bits per heavy atom. The smallest absolute Gasteiger partial charge is 0.387 e. The molecule has 0 amide bonds. The van der Waals surface area contributed by atoms with Crippen LogP contribution >= 0.6 is 23.1 Å². The minimum atomic E-state index is -2.85. The number of carbonyl (C=O) groups is 1. The number of hydrogen-bond acceptors (Lipinski definition) is 5. The summed E-state index contributed by atoms with van der Waals surface area (Å²) < 4.78 is 28.9. The maximum Gasteiger partial charge on any atom is 0.387 e. The van der Waals surface area contributed by atoms with Crippen LogP contribution in [0.25, 0.3) is 11.3 Å². The highest BCUT2D eigenvalue weighted by molar-refractivity contribution is 8.01. The van der Waals surface area contributed by atoms with Gasteiger partial charge in [0.15, 0.2) is 4.34 Å². The van der Waals surface area contributed by atoms with E-state index in [-0.39, 0.29) is 11.5 Å². The molecule has 2 aromatic rings. The van der Waals surface area contributed by atoms with Gasteiger partial charge in [-0.2, -0.15) is 8.78 Å². The fourth-order valence-corrected chi connectivity index (χ4v) is 2.94. The van der Waals surface area contributed by atoms with Crippen LogP contribution in [0.4, 0.5) is 8.78 Å². The summed E-state index contributed by atoms with van der Waals surface area (Å²) in [5, 5.41) is 10.4. The fourth-order valence-electron chi connectivity index (χ4n) is 1.39. The van der Waals surface area contributed by atoms with Gasteiger partial charge in [-0.3, -0.25) is 4.79 Å². The Hall–Kier alpha value is -1.67. The van der Waals surface area contributed by atoms with E-state index in [1.165, 1.54) is 23.5 Å². The normalized spacial score (nSPS) is 10.8. The molecular weight excluding hydrogens is 308 g/mol. The number of aromatic nitrogens is 1. The monoisotopic (exact) mass is 317 g/mol. The van der Waals surface area contributed by atoms with Gasteiger partial charge in [0.1, 0.15) is 5.75 Å². The standard InChI is InChI=1S/C12H9F2NO3S2/c13-11(14)18-8-3-1-7(2-4-8)9-5-19-12(15-9)20-6-10(16)17/h1-5,11H,6H2,(H,16,17). The largest absolute Gasteiger partial charge is 0.481 e. The maximum atomic E-state index is 12.0. The van der Waals surface area contributed by atoms with Crippen molar-refractivity contribution in [3.8, 4) is 17.0 Å². The lowest BCUT2D eigenvalue weighted by Gasteiger charge is -2.04. The molecule has 0 aliphatic carbocycles. The van der Waals surface area contributed by atoms with Gasteiger partial charge in [0.2, 0.25) is 0 Å². The minimum Gasteiger partial charge on any atom is -0.481 e. The van der Waals surface area contributed by atoms with Crippen molar-refractivity contribution in [2.24, 2.45) is 0 Å². The number of ether oxygens (including phenoxy) is 1. The van der Waals surface area contributed by atoms with Gasteiger partial charge in [-0.25, -0.2) is 4.98 Å². The summed E-state index contributed by atoms with van der Waals surface area (Å²) in [4.78, 5) is 14.7. The summed E-state index contributed by atoms with van der Waals surface area (Å²) >= 11 is 2.48. The second kappa shape index (κ2) is 6.67. The Balaban J connectivity index is 2.06. The zero-order chi connectivity index (χ0) is 14.5. The van der Waals surface area contributed by atoms with E-state index >= 15 is 0 Å². The first-order valence-electron chi connectivity index (χ1n) is 5.40. The average molecular weight is 317 g/mol. The van der Waals surface area contributed by atoms with Gasteiger partial charge in [0.05, 0.1) is 11.4 Å². The van der Waals surface area contributed by atoms with E-state index in [4.69, 9.17) is 5.11 Å². The number of thioether (sulfide) groups is 1. The second-order valence-corrected chi connectivity index (χ2v) is 5.66. The van der Waals surface area contributed by atoms with Crippen LogP contribution in [0.1, 0.15) is 0 Å². The number of carboxylic acids is 1. The molecule has 1 aromatic carbocycles. The van der Waals surface area contributed by atoms with E-state index in [9.17, 15) is 13.6 Å². The highest BCUT2D eigenvalue weighted by Gasteiger charge is 2.08. The third-order valence-electron chi connectivity index (χ3n) is 2.18. The molecule has 1 N–H and O–H groups in total. The van der Waals surface area contributed by atoms with Crippen molar-refractivity contribution in [2.75, 3.05) is 5.75 Å². The number of alkyl halides is 2. The topological polar surface area (TPSA) is 59.4 Å². The van der Waals surface area contributed by atoms with E-state index < -0.39 is 12.6 Å². The van der Waals surface area contributed by atoms with E-state index in [1.807, 2.05) is 0 Å². The van der Waals surface area contributed by atoms with Crippen molar-refractivity contribution in [2.45, 2.75) is 11.0 Å². The number of carboxylic acid groups (broad SMARTS) is 1. The molecule has 0 aliphatic rings. The predicted octanol–water partition coefficient (Wildman–Crippen LogP) is 3.59. The molecule has 0 saturated heterocycles. The molecular formula is C12H9F2NO3S2. The van der Waals surface area contributed by atoms with Crippen molar-refractivity contribution in [1.29, 1.82) is 0 Å². The molecule has 2 rings (SSSR count). The van der Waals surface area contributed by atoms with Crippen molar-refractivity contribution >= 4 is 29.1 Å². The molecule has 0 radical (unpaired) electrons. The highest BCUT2D eigenvalue weighted by atomic mass is 32.2. The molecule has 106 valence electrons. The van der Waals surface area contributed by atoms with E-state index in [1.54, 1.807) is 17.5 Å². The number of benzene rings is 1. The van der Waals surface area contributed by atoms with Crippen LogP contribution in [0.15, 0.2) is 34.0 Å². The summed E-state index contributed by atoms with van der Waals surface area (Å²) in [7, 11) is 0. The molecule has 1 aromatic heterocycles. The molecule has 8 heteroatoms. The Morgan fingerprint density at radius 2 is 2.10 bits per heavy atom. The third kappa shape index (κ3) is 4.17. The summed E-state index contributed by atoms with van der Waals surface area (Å²) in [6, 6.07) is 6.12. The molecule has 1 heterocycles. The molecule has 4 nitrogen and oxygen atoms in total. The summed E-state index contributed by atoms with van der Waals surface area (Å²) in [5.74, 6) is -0.867. The Morgan fingerprint density at radius 3 is 2.70 bits per heavy atom. The first-order chi connectivity index (χ1) is 9.54. The molecule has 0 atom stereocenters. The van der Waals surface area contributed by atoms with Crippen molar-refractivity contribution in [3.05, 3.63) is 29.6 Å². The Bertz CT molecular complexity index is 587. The lowest BCUT2D eigenvalue weighted by molar-refractivity contribution is -0.133. The van der Waals surface area contributed by atoms with Crippen LogP contribution in [0.2, 0.25) is 0 Å². The zero-order valence-corrected chi connectivity index (χ0v) is 11.6. The van der Waals surface area contributed by atoms with Crippen LogP contribution < -0.4 is 4.74 Å². The molecule has 0 bridgehead atoms. The third-order valence-corrected chi connectivity index (χ3v) is 4.18. The number of halogens is 2. The summed E-state index contributed by atoms with van der Waals surface area (Å²) in [6.07, 6.45) is 0. The number of nitrogens with zero attached hydrogens (tertiary/aromatic N) is 1. The number of thiazole rings is 1. The van der Waals surface area contributed by atoms with Gasteiger partial charge >= 0.3 is 12.6 Å². The van der Waals surface area contributed by atoms with Gasteiger partial charge < -0.3 is 9.84 Å². The van der Waals surface area contributed by atoms with Gasteiger partial charge in [-0.05, 0) is 24.3 Å². The van der Waals surface area contributed by atoms with Crippen LogP contribution in [-0.2, 0) is 4.79 Å². The van der Waals surface area contributed by atoms with Crippen molar-refractivity contribution < 1.29 is 23.4 Å². The first kappa shape index (κ1) is 14.7. The average Bonchev–Trinajstić information content (AvgIpc) is 2.85. The van der Waals surface area contributed by atoms with Crippen LogP contribution in [0.3, 0.4) is 0 Å². The number of rotatable bonds is 6. The molecule has 0 fully saturated rings. The Kier molecular flexibility index (Phi) is 4.91. The van der Waals surface area contributed by atoms with Gasteiger partial charge in [-0.15, -0.1) is 11.3 Å². The van der Waals surface area contributed by atoms with Crippen molar-refractivity contribution in [3.63, 3.8) is 0 Å². The minimum absolute atomic E-state index is 0.0475. The van der Waals surface area contributed by atoms with Gasteiger partial charge in [0.25, 0.3) is 0 Å². The molecule has 0 saturated carbocycles. The SMILES string of the molecule is O=C(O)CSc1nc(-c2ccc(OC(F)F)cc2)cs1. The first-order valence-corrected chi connectivity index (χ1v) is 7.26. The molecule has 0 aliphatic heterocycles. The molecule has 0 spiro atoms. The number of aliphatic carboxylic acids is 1. The molecule has 20 heavy (non-hydrogen) atoms. The second-order valence-electron chi connectivity index (χ2n) is 3.58. The highest BCUT2D eigenvalue weighted by Crippen LogP contribution is 2.29. The predicted molar refractivity (Wildman–Crippen MR) is 72.5 cm³/mol. The van der Waals surface area contributed by atoms with Gasteiger partial charge in [0, 0.05) is 10.9 Å². The quantitative estimate of drug-likeness (QED) is 0.825. The fraction of sp³-hybridized carbons (Fsp3) is 0.167. The molecule has 0 unspecified atom stereocenters. The van der Waals surface area contributed by atoms with Crippen LogP contribution in [0.5, 0.6) is 5.75 Å². The van der Waals surface area contributed by atoms with Crippen LogP contribution in [0, 0.1) is 0 Å². The van der Waals surface area contributed by atoms with E-state index in [2.05, 4.69) is 9.72 Å². The maximum absolute atomic E-state index is 12.0. The van der Waals surface area contributed by atoms with Gasteiger partial charge in [-0.1, -0.05) is 11.8 Å². The van der Waals surface area contributed by atoms with Crippen molar-refractivity contribution in [1.82, 2.24) is 4.98 Å². The summed E-state index contributed by atoms with van der Waals surface area (Å²) in [6.45, 7) is -2.85. The Labute approximate surface area is 121 Å². The summed E-state index contributed by atoms with van der Waals surface area (Å²) in [5.41, 5.74) is 1.43.